The summed E-state index contributed by atoms with van der Waals surface area (Å²) in [4.78, 5) is 22.4. The van der Waals surface area contributed by atoms with Crippen LogP contribution in [0.1, 0.15) is 44.0 Å². The molecule has 1 N–H and O–H groups in total. The normalized spacial score (nSPS) is 11.7. The number of para-hydroxylation sites is 3. The number of amides is 1. The van der Waals surface area contributed by atoms with Crippen molar-refractivity contribution >= 4 is 55.5 Å². The molecule has 0 aliphatic rings. The van der Waals surface area contributed by atoms with Gasteiger partial charge in [-0.05, 0) is 31.0 Å². The molecule has 0 unspecified atom stereocenters. The smallest absolute Gasteiger partial charge is 0.227 e. The Hall–Kier alpha value is -3.39. The van der Waals surface area contributed by atoms with Gasteiger partial charge >= 0.3 is 0 Å². The summed E-state index contributed by atoms with van der Waals surface area (Å²) in [5, 5.41) is 13.9. The van der Waals surface area contributed by atoms with E-state index in [1.54, 1.807) is 0 Å². The number of hydrogen-bond acceptors (Lipinski definition) is 6. The molecule has 0 saturated heterocycles. The number of hydrogen-bond donors (Lipinski definition) is 1. The van der Waals surface area contributed by atoms with Gasteiger partial charge in [0.2, 0.25) is 11.0 Å². The average Bonchev–Trinajstić information content (AvgIpc) is 3.39. The van der Waals surface area contributed by atoms with Gasteiger partial charge in [0, 0.05) is 24.3 Å². The highest BCUT2D eigenvalue weighted by atomic mass is 32.1. The number of nitrogens with zero attached hydrogens (tertiary/aromatic N) is 5. The molecule has 0 radical (unpaired) electrons. The minimum atomic E-state index is -0.0862. The zero-order valence-electron chi connectivity index (χ0n) is 18.1. The molecule has 32 heavy (non-hydrogen) atoms. The lowest BCUT2D eigenvalue weighted by molar-refractivity contribution is -0.116. The van der Waals surface area contributed by atoms with Crippen molar-refractivity contribution in [3.8, 4) is 0 Å². The van der Waals surface area contributed by atoms with Crippen LogP contribution in [0.25, 0.3) is 33.1 Å². The number of aromatic nitrogens is 5. The van der Waals surface area contributed by atoms with Crippen LogP contribution >= 0.6 is 11.3 Å². The molecule has 1 amide bonds. The molecule has 8 heteroatoms. The van der Waals surface area contributed by atoms with E-state index in [2.05, 4.69) is 40.0 Å². The fourth-order valence-electron chi connectivity index (χ4n) is 4.09. The standard InChI is InChI=1S/C24H24N6OS/c1-3-15(4-2)23-28-29-24(32-23)27-20(31)13-14-30-19-12-8-5-9-16(19)21-22(30)26-18-11-7-6-10-17(18)25-21/h5-12,15H,3-4,13-14H2,1-2H3,(H,27,29,31). The van der Waals surface area contributed by atoms with Crippen LogP contribution in [0.3, 0.4) is 0 Å². The number of benzene rings is 2. The predicted octanol–water partition coefficient (Wildman–Crippen LogP) is 5.52. The Bertz CT molecular complexity index is 1420. The van der Waals surface area contributed by atoms with Gasteiger partial charge in [-0.3, -0.25) is 4.79 Å². The Morgan fingerprint density at radius 3 is 2.50 bits per heavy atom. The Labute approximate surface area is 189 Å². The molecule has 0 spiro atoms. The van der Waals surface area contributed by atoms with Crippen LogP contribution in [0, 0.1) is 0 Å². The second-order valence-corrected chi connectivity index (χ2v) is 8.82. The van der Waals surface area contributed by atoms with Crippen molar-refractivity contribution in [2.45, 2.75) is 45.6 Å². The summed E-state index contributed by atoms with van der Waals surface area (Å²) in [7, 11) is 0. The number of aryl methyl sites for hydroxylation is 1. The fraction of sp³-hybridized carbons (Fsp3) is 0.292. The summed E-state index contributed by atoms with van der Waals surface area (Å²) in [5.41, 5.74) is 4.39. The van der Waals surface area contributed by atoms with Crippen molar-refractivity contribution in [3.05, 3.63) is 53.5 Å². The first kappa shape index (κ1) is 20.5. The van der Waals surface area contributed by atoms with E-state index in [4.69, 9.17) is 9.97 Å². The summed E-state index contributed by atoms with van der Waals surface area (Å²) in [5.74, 6) is 0.307. The van der Waals surface area contributed by atoms with Crippen LogP contribution < -0.4 is 5.32 Å². The Kier molecular flexibility index (Phi) is 5.53. The van der Waals surface area contributed by atoms with Crippen LogP contribution in [0.5, 0.6) is 0 Å². The van der Waals surface area contributed by atoms with E-state index in [0.29, 0.717) is 24.0 Å². The van der Waals surface area contributed by atoms with Crippen LogP contribution in [0.4, 0.5) is 5.13 Å². The molecule has 2 aromatic carbocycles. The van der Waals surface area contributed by atoms with Crippen LogP contribution in [0.2, 0.25) is 0 Å². The topological polar surface area (TPSA) is 85.6 Å². The van der Waals surface area contributed by atoms with Gasteiger partial charge in [-0.1, -0.05) is 55.5 Å². The molecule has 162 valence electrons. The van der Waals surface area contributed by atoms with Crippen molar-refractivity contribution in [1.29, 1.82) is 0 Å². The number of rotatable bonds is 7. The van der Waals surface area contributed by atoms with E-state index in [9.17, 15) is 4.79 Å². The third-order valence-corrected chi connectivity index (χ3v) is 6.84. The van der Waals surface area contributed by atoms with Crippen molar-refractivity contribution in [3.63, 3.8) is 0 Å². The van der Waals surface area contributed by atoms with Gasteiger partial charge in [0.1, 0.15) is 10.5 Å². The SMILES string of the molecule is CCC(CC)c1nnc(NC(=O)CCn2c3ccccc3c3nc4ccccc4nc32)s1. The van der Waals surface area contributed by atoms with Crippen molar-refractivity contribution in [1.82, 2.24) is 24.7 Å². The lowest BCUT2D eigenvalue weighted by Crippen LogP contribution is -2.14. The molecular formula is C24H24N6OS. The molecule has 0 bridgehead atoms. The highest BCUT2D eigenvalue weighted by Crippen LogP contribution is 2.29. The molecule has 0 fully saturated rings. The Morgan fingerprint density at radius 1 is 1.00 bits per heavy atom. The highest BCUT2D eigenvalue weighted by Gasteiger charge is 2.17. The van der Waals surface area contributed by atoms with Crippen LogP contribution in [0.15, 0.2) is 48.5 Å². The number of carbonyl (C=O) groups is 1. The predicted molar refractivity (Wildman–Crippen MR) is 129 cm³/mol. The lowest BCUT2D eigenvalue weighted by atomic mass is 10.1. The first-order valence-electron chi connectivity index (χ1n) is 10.9. The molecule has 7 nitrogen and oxygen atoms in total. The van der Waals surface area contributed by atoms with E-state index in [1.165, 1.54) is 11.3 Å². The average molecular weight is 445 g/mol. The van der Waals surface area contributed by atoms with Crippen molar-refractivity contribution < 1.29 is 4.79 Å². The second-order valence-electron chi connectivity index (χ2n) is 7.81. The molecule has 0 aliphatic heterocycles. The van der Waals surface area contributed by atoms with Crippen molar-refractivity contribution in [2.24, 2.45) is 0 Å². The van der Waals surface area contributed by atoms with Gasteiger partial charge in [-0.15, -0.1) is 10.2 Å². The van der Waals surface area contributed by atoms with Gasteiger partial charge < -0.3 is 9.88 Å². The van der Waals surface area contributed by atoms with Gasteiger partial charge in [0.25, 0.3) is 0 Å². The van der Waals surface area contributed by atoms with E-state index in [1.807, 2.05) is 42.5 Å². The number of nitrogens with one attached hydrogen (secondary N) is 1. The molecule has 0 atom stereocenters. The van der Waals surface area contributed by atoms with Gasteiger partial charge in [-0.2, -0.15) is 0 Å². The first-order chi connectivity index (χ1) is 15.7. The Morgan fingerprint density at radius 2 is 1.72 bits per heavy atom. The third-order valence-electron chi connectivity index (χ3n) is 5.84. The number of anilines is 1. The van der Waals surface area contributed by atoms with E-state index in [-0.39, 0.29) is 5.91 Å². The number of carbonyl (C=O) groups excluding carboxylic acids is 1. The molecule has 0 aliphatic carbocycles. The summed E-state index contributed by atoms with van der Waals surface area (Å²) in [6.45, 7) is 4.79. The summed E-state index contributed by atoms with van der Waals surface area (Å²) < 4.78 is 2.08. The largest absolute Gasteiger partial charge is 0.323 e. The molecular weight excluding hydrogens is 420 g/mol. The molecule has 3 aromatic heterocycles. The fourth-order valence-corrected chi connectivity index (χ4v) is 5.12. The first-order valence-corrected chi connectivity index (χ1v) is 11.8. The van der Waals surface area contributed by atoms with Crippen LogP contribution in [-0.4, -0.2) is 30.6 Å². The summed E-state index contributed by atoms with van der Waals surface area (Å²) in [6.07, 6.45) is 2.34. The minimum absolute atomic E-state index is 0.0862. The quantitative estimate of drug-likeness (QED) is 0.357. The van der Waals surface area contributed by atoms with Gasteiger partial charge in [-0.25, -0.2) is 9.97 Å². The van der Waals surface area contributed by atoms with E-state index < -0.39 is 0 Å². The molecule has 0 saturated carbocycles. The molecule has 5 aromatic rings. The maximum Gasteiger partial charge on any atom is 0.227 e. The van der Waals surface area contributed by atoms with E-state index in [0.717, 1.165) is 50.9 Å². The zero-order valence-corrected chi connectivity index (χ0v) is 18.9. The van der Waals surface area contributed by atoms with E-state index >= 15 is 0 Å². The third kappa shape index (κ3) is 3.71. The second kappa shape index (κ2) is 8.63. The maximum absolute atomic E-state index is 12.7. The van der Waals surface area contributed by atoms with Crippen molar-refractivity contribution in [2.75, 3.05) is 5.32 Å². The van der Waals surface area contributed by atoms with Gasteiger partial charge in [0.05, 0.1) is 16.6 Å². The van der Waals surface area contributed by atoms with Gasteiger partial charge in [0.15, 0.2) is 5.65 Å². The maximum atomic E-state index is 12.7. The molecule has 5 rings (SSSR count). The minimum Gasteiger partial charge on any atom is -0.323 e. The summed E-state index contributed by atoms with van der Waals surface area (Å²) in [6, 6.07) is 16.0. The lowest BCUT2D eigenvalue weighted by Gasteiger charge is -2.07. The van der Waals surface area contributed by atoms with Crippen LogP contribution in [-0.2, 0) is 11.3 Å². The Balaban J connectivity index is 1.41. The monoisotopic (exact) mass is 444 g/mol. The zero-order chi connectivity index (χ0) is 22.1. The number of fused-ring (bicyclic) bond motifs is 4. The molecule has 3 heterocycles. The summed E-state index contributed by atoms with van der Waals surface area (Å²) >= 11 is 1.47. The highest BCUT2D eigenvalue weighted by molar-refractivity contribution is 7.15.